The van der Waals surface area contributed by atoms with Crippen LogP contribution in [-0.2, 0) is 6.54 Å². The van der Waals surface area contributed by atoms with Gasteiger partial charge in [-0.15, -0.1) is 0 Å². The monoisotopic (exact) mass is 407 g/mol. The van der Waals surface area contributed by atoms with Crippen LogP contribution in [0.2, 0.25) is 0 Å². The van der Waals surface area contributed by atoms with E-state index in [0.717, 1.165) is 23.4 Å². The van der Waals surface area contributed by atoms with E-state index >= 15 is 0 Å². The highest BCUT2D eigenvalue weighted by molar-refractivity contribution is 5.90. The molecule has 8 nitrogen and oxygen atoms in total. The largest absolute Gasteiger partial charge is 0.494 e. The topological polar surface area (TPSA) is 87.2 Å². The maximum Gasteiger partial charge on any atom is 0.256 e. The van der Waals surface area contributed by atoms with E-state index in [0.29, 0.717) is 28.4 Å². The summed E-state index contributed by atoms with van der Waals surface area (Å²) in [6.07, 6.45) is 5.37. The lowest BCUT2D eigenvalue weighted by molar-refractivity contribution is 0.227. The zero-order chi connectivity index (χ0) is 21.4. The molecule has 0 bridgehead atoms. The van der Waals surface area contributed by atoms with Gasteiger partial charge in [0.25, 0.3) is 5.88 Å². The lowest BCUT2D eigenvalue weighted by atomic mass is 10.1. The van der Waals surface area contributed by atoms with Crippen molar-refractivity contribution < 1.29 is 14.6 Å². The number of aromatic hydroxyl groups is 1. The van der Waals surface area contributed by atoms with Crippen molar-refractivity contribution in [1.82, 2.24) is 24.3 Å². The molecular formula is C22H25N5O3. The predicted octanol–water partition coefficient (Wildman–Crippen LogP) is 4.11. The van der Waals surface area contributed by atoms with E-state index in [4.69, 9.17) is 14.5 Å². The molecule has 4 heterocycles. The smallest absolute Gasteiger partial charge is 0.256 e. The Balaban J connectivity index is 1.82. The number of hydrogen-bond donors (Lipinski definition) is 1. The van der Waals surface area contributed by atoms with Gasteiger partial charge in [0.2, 0.25) is 5.88 Å². The van der Waals surface area contributed by atoms with Crippen molar-refractivity contribution in [2.45, 2.75) is 40.3 Å². The second-order valence-corrected chi connectivity index (χ2v) is 7.33. The number of aryl methyl sites for hydroxylation is 2. The van der Waals surface area contributed by atoms with Crippen molar-refractivity contribution in [3.8, 4) is 34.6 Å². The molecule has 0 amide bonds. The Morgan fingerprint density at radius 1 is 1.23 bits per heavy atom. The van der Waals surface area contributed by atoms with Crippen molar-refractivity contribution in [2.75, 3.05) is 7.11 Å². The molecule has 30 heavy (non-hydrogen) atoms. The van der Waals surface area contributed by atoms with Crippen LogP contribution >= 0.6 is 0 Å². The third-order valence-corrected chi connectivity index (χ3v) is 4.82. The number of hydrogen-bond acceptors (Lipinski definition) is 6. The van der Waals surface area contributed by atoms with Crippen molar-refractivity contribution in [3.05, 3.63) is 42.4 Å². The van der Waals surface area contributed by atoms with E-state index in [1.165, 1.54) is 0 Å². The summed E-state index contributed by atoms with van der Waals surface area (Å²) >= 11 is 0. The van der Waals surface area contributed by atoms with Crippen LogP contribution in [0, 0.1) is 6.92 Å². The van der Waals surface area contributed by atoms with Crippen molar-refractivity contribution >= 4 is 10.9 Å². The van der Waals surface area contributed by atoms with Gasteiger partial charge in [-0.2, -0.15) is 5.10 Å². The summed E-state index contributed by atoms with van der Waals surface area (Å²) in [6, 6.07) is 5.67. The number of aromatic nitrogens is 5. The summed E-state index contributed by atoms with van der Waals surface area (Å²) in [7, 11) is 1.56. The summed E-state index contributed by atoms with van der Waals surface area (Å²) in [5.74, 6) is 1.77. The Hall–Kier alpha value is -3.55. The third kappa shape index (κ3) is 3.45. The second kappa shape index (κ2) is 7.70. The van der Waals surface area contributed by atoms with Crippen molar-refractivity contribution in [2.24, 2.45) is 0 Å². The molecule has 0 saturated carbocycles. The van der Waals surface area contributed by atoms with Gasteiger partial charge in [-0.1, -0.05) is 0 Å². The number of ether oxygens (including phenoxy) is 2. The minimum atomic E-state index is -0.0120. The zero-order valence-electron chi connectivity index (χ0n) is 17.7. The van der Waals surface area contributed by atoms with Crippen LogP contribution in [0.3, 0.4) is 0 Å². The van der Waals surface area contributed by atoms with Crippen LogP contribution in [0.1, 0.15) is 26.3 Å². The Morgan fingerprint density at radius 3 is 2.70 bits per heavy atom. The number of rotatable bonds is 6. The van der Waals surface area contributed by atoms with E-state index in [9.17, 15) is 5.11 Å². The summed E-state index contributed by atoms with van der Waals surface area (Å²) in [5, 5.41) is 16.0. The first-order valence-corrected chi connectivity index (χ1v) is 9.87. The first kappa shape index (κ1) is 19.8. The van der Waals surface area contributed by atoms with Crippen LogP contribution in [0.5, 0.6) is 17.5 Å². The molecule has 1 N–H and O–H groups in total. The highest BCUT2D eigenvalue weighted by atomic mass is 16.5. The molecule has 0 aliphatic carbocycles. The fourth-order valence-corrected chi connectivity index (χ4v) is 3.43. The molecule has 0 radical (unpaired) electrons. The average molecular weight is 407 g/mol. The maximum absolute atomic E-state index is 10.8. The molecule has 0 fully saturated rings. The fraction of sp³-hybridized carbons (Fsp3) is 0.318. The highest BCUT2D eigenvalue weighted by Gasteiger charge is 2.18. The van der Waals surface area contributed by atoms with E-state index in [-0.39, 0.29) is 12.0 Å². The standard InChI is InChI=1S/C22H25N5O3/c1-6-26-8-7-19(25-26)27-12-17-20(22(27)28)14(4)9-16(24-17)15-10-18(30-13(2)3)21(29-5)23-11-15/h7-13,28H,6H2,1-5H3. The summed E-state index contributed by atoms with van der Waals surface area (Å²) < 4.78 is 14.6. The van der Waals surface area contributed by atoms with Crippen molar-refractivity contribution in [1.29, 1.82) is 0 Å². The average Bonchev–Trinajstić information content (AvgIpc) is 3.32. The molecule has 4 aromatic rings. The molecule has 0 aliphatic heterocycles. The van der Waals surface area contributed by atoms with Gasteiger partial charge < -0.3 is 14.6 Å². The Morgan fingerprint density at radius 2 is 2.03 bits per heavy atom. The van der Waals surface area contributed by atoms with E-state index in [1.54, 1.807) is 24.1 Å². The van der Waals surface area contributed by atoms with Gasteiger partial charge in [-0.05, 0) is 45.4 Å². The first-order chi connectivity index (χ1) is 14.4. The number of pyridine rings is 2. The second-order valence-electron chi connectivity index (χ2n) is 7.33. The van der Waals surface area contributed by atoms with Crippen LogP contribution in [0.15, 0.2) is 36.8 Å². The Bertz CT molecular complexity index is 1210. The molecule has 0 saturated heterocycles. The van der Waals surface area contributed by atoms with E-state index in [2.05, 4.69) is 10.1 Å². The number of nitrogens with zero attached hydrogens (tertiary/aromatic N) is 5. The van der Waals surface area contributed by atoms with Gasteiger partial charge in [0.15, 0.2) is 11.6 Å². The summed E-state index contributed by atoms with van der Waals surface area (Å²) in [5.41, 5.74) is 3.12. The maximum atomic E-state index is 10.8. The number of methoxy groups -OCH3 is 1. The summed E-state index contributed by atoms with van der Waals surface area (Å²) in [4.78, 5) is 9.13. The predicted molar refractivity (Wildman–Crippen MR) is 114 cm³/mol. The van der Waals surface area contributed by atoms with Crippen LogP contribution in [-0.4, -0.2) is 42.6 Å². The zero-order valence-corrected chi connectivity index (χ0v) is 17.7. The van der Waals surface area contributed by atoms with Crippen LogP contribution < -0.4 is 9.47 Å². The van der Waals surface area contributed by atoms with Gasteiger partial charge in [0.1, 0.15) is 0 Å². The molecule has 4 aromatic heterocycles. The molecule has 0 aliphatic rings. The fourth-order valence-electron chi connectivity index (χ4n) is 3.43. The van der Waals surface area contributed by atoms with E-state index < -0.39 is 0 Å². The molecule has 4 rings (SSSR count). The van der Waals surface area contributed by atoms with Gasteiger partial charge >= 0.3 is 0 Å². The molecular weight excluding hydrogens is 382 g/mol. The SMILES string of the molecule is CCn1ccc(-n2cc3nc(-c4cnc(OC)c(OC(C)C)c4)cc(C)c3c2O)n1. The van der Waals surface area contributed by atoms with Crippen LogP contribution in [0.25, 0.3) is 28.0 Å². The lowest BCUT2D eigenvalue weighted by Gasteiger charge is -2.14. The highest BCUT2D eigenvalue weighted by Crippen LogP contribution is 2.35. The van der Waals surface area contributed by atoms with Gasteiger partial charge in [-0.25, -0.2) is 9.97 Å². The Kier molecular flexibility index (Phi) is 5.07. The summed E-state index contributed by atoms with van der Waals surface area (Å²) in [6.45, 7) is 8.62. The van der Waals surface area contributed by atoms with Crippen molar-refractivity contribution in [3.63, 3.8) is 0 Å². The molecule has 156 valence electrons. The van der Waals surface area contributed by atoms with Gasteiger partial charge in [0, 0.05) is 36.8 Å². The minimum Gasteiger partial charge on any atom is -0.494 e. The molecule has 0 unspecified atom stereocenters. The third-order valence-electron chi connectivity index (χ3n) is 4.82. The molecule has 8 heteroatoms. The Labute approximate surface area is 174 Å². The molecule has 0 aromatic carbocycles. The lowest BCUT2D eigenvalue weighted by Crippen LogP contribution is -2.07. The van der Waals surface area contributed by atoms with Gasteiger partial charge in [-0.3, -0.25) is 9.25 Å². The van der Waals surface area contributed by atoms with Gasteiger partial charge in [0.05, 0.1) is 29.8 Å². The number of fused-ring (bicyclic) bond motifs is 1. The minimum absolute atomic E-state index is 0.0120. The first-order valence-electron chi connectivity index (χ1n) is 9.87. The quantitative estimate of drug-likeness (QED) is 0.517. The molecule has 0 spiro atoms. The normalized spacial score (nSPS) is 11.4. The van der Waals surface area contributed by atoms with E-state index in [1.807, 2.05) is 56.8 Å². The molecule has 0 atom stereocenters. The van der Waals surface area contributed by atoms with Crippen LogP contribution in [0.4, 0.5) is 0 Å².